The van der Waals surface area contributed by atoms with Gasteiger partial charge in [0.2, 0.25) is 5.91 Å². The van der Waals surface area contributed by atoms with E-state index < -0.39 is 15.7 Å². The van der Waals surface area contributed by atoms with Crippen LogP contribution in [0.5, 0.6) is 0 Å². The van der Waals surface area contributed by atoms with Gasteiger partial charge in [-0.1, -0.05) is 42.2 Å². The molecule has 1 atom stereocenters. The van der Waals surface area contributed by atoms with Crippen molar-refractivity contribution < 1.29 is 22.4 Å². The van der Waals surface area contributed by atoms with E-state index >= 15 is 0 Å². The van der Waals surface area contributed by atoms with Gasteiger partial charge in [0.15, 0.2) is 9.84 Å². The van der Waals surface area contributed by atoms with Gasteiger partial charge in [0.25, 0.3) is 5.91 Å². The fourth-order valence-electron chi connectivity index (χ4n) is 2.85. The van der Waals surface area contributed by atoms with Crippen molar-refractivity contribution in [2.45, 2.75) is 18.9 Å². The minimum Gasteiger partial charge on any atom is -0.352 e. The van der Waals surface area contributed by atoms with Crippen LogP contribution in [-0.2, 0) is 19.4 Å². The summed E-state index contributed by atoms with van der Waals surface area (Å²) in [4.78, 5) is 26.1. The summed E-state index contributed by atoms with van der Waals surface area (Å²) in [6, 6.07) is 5.72. The molecular formula is C17H17FN2O4S3. The zero-order chi connectivity index (χ0) is 19.6. The quantitative estimate of drug-likeness (QED) is 0.568. The summed E-state index contributed by atoms with van der Waals surface area (Å²) in [5, 5.41) is 2.68. The molecule has 1 aromatic carbocycles. The molecule has 2 fully saturated rings. The second kappa shape index (κ2) is 8.07. The van der Waals surface area contributed by atoms with Crippen molar-refractivity contribution in [3.63, 3.8) is 0 Å². The summed E-state index contributed by atoms with van der Waals surface area (Å²) in [6.07, 6.45) is 1.86. The number of hydrogen-bond donors (Lipinski definition) is 1. The monoisotopic (exact) mass is 428 g/mol. The van der Waals surface area contributed by atoms with Crippen LogP contribution in [0.1, 0.15) is 18.4 Å². The third kappa shape index (κ3) is 4.94. The molecule has 0 aliphatic carbocycles. The van der Waals surface area contributed by atoms with Gasteiger partial charge < -0.3 is 5.32 Å². The molecule has 6 nitrogen and oxygen atoms in total. The number of nitrogens with one attached hydrogen (secondary N) is 1. The van der Waals surface area contributed by atoms with Crippen molar-refractivity contribution in [3.8, 4) is 0 Å². The minimum absolute atomic E-state index is 0.00989. The molecule has 2 aliphatic rings. The van der Waals surface area contributed by atoms with Crippen LogP contribution in [0.2, 0.25) is 0 Å². The van der Waals surface area contributed by atoms with Crippen LogP contribution in [0.4, 0.5) is 4.39 Å². The van der Waals surface area contributed by atoms with Crippen LogP contribution in [0, 0.1) is 5.82 Å². The lowest BCUT2D eigenvalue weighted by Gasteiger charge is -2.15. The van der Waals surface area contributed by atoms with Gasteiger partial charge in [-0.15, -0.1) is 0 Å². The number of thiocarbonyl (C=S) groups is 1. The van der Waals surface area contributed by atoms with Crippen molar-refractivity contribution in [1.29, 1.82) is 0 Å². The first-order valence-electron chi connectivity index (χ1n) is 8.25. The van der Waals surface area contributed by atoms with E-state index in [4.69, 9.17) is 12.2 Å². The maximum atomic E-state index is 13.8. The van der Waals surface area contributed by atoms with Crippen molar-refractivity contribution >= 4 is 56.0 Å². The molecule has 0 aromatic heterocycles. The maximum absolute atomic E-state index is 13.8. The van der Waals surface area contributed by atoms with E-state index in [2.05, 4.69) is 5.32 Å². The lowest BCUT2D eigenvalue weighted by Crippen LogP contribution is -2.38. The highest BCUT2D eigenvalue weighted by Gasteiger charge is 2.33. The van der Waals surface area contributed by atoms with Crippen molar-refractivity contribution in [2.75, 3.05) is 18.1 Å². The van der Waals surface area contributed by atoms with E-state index in [0.29, 0.717) is 15.6 Å². The summed E-state index contributed by atoms with van der Waals surface area (Å²) < 4.78 is 36.9. The molecule has 2 heterocycles. The van der Waals surface area contributed by atoms with E-state index in [0.717, 1.165) is 11.8 Å². The summed E-state index contributed by atoms with van der Waals surface area (Å²) in [7, 11) is -3.07. The zero-order valence-electron chi connectivity index (χ0n) is 14.2. The first-order chi connectivity index (χ1) is 12.7. The Morgan fingerprint density at radius 1 is 1.41 bits per heavy atom. The van der Waals surface area contributed by atoms with Gasteiger partial charge >= 0.3 is 0 Å². The zero-order valence-corrected chi connectivity index (χ0v) is 16.6. The summed E-state index contributed by atoms with van der Waals surface area (Å²) >= 11 is 6.25. The van der Waals surface area contributed by atoms with Crippen molar-refractivity contribution in [3.05, 3.63) is 40.6 Å². The molecule has 1 aromatic rings. The molecule has 0 saturated carbocycles. The number of nitrogens with zero attached hydrogens (tertiary/aromatic N) is 1. The molecule has 0 unspecified atom stereocenters. The van der Waals surface area contributed by atoms with Gasteiger partial charge in [-0.2, -0.15) is 0 Å². The number of thioether (sulfide) groups is 1. The fraction of sp³-hybridized carbons (Fsp3) is 0.353. The van der Waals surface area contributed by atoms with Crippen LogP contribution < -0.4 is 5.32 Å². The number of rotatable bonds is 5. The Morgan fingerprint density at radius 2 is 2.15 bits per heavy atom. The highest BCUT2D eigenvalue weighted by atomic mass is 32.2. The predicted octanol–water partition coefficient (Wildman–Crippen LogP) is 1.72. The molecule has 0 radical (unpaired) electrons. The van der Waals surface area contributed by atoms with Crippen LogP contribution in [0.3, 0.4) is 0 Å². The number of carbonyl (C=O) groups excluding carboxylic acids is 2. The largest absolute Gasteiger partial charge is 0.352 e. The van der Waals surface area contributed by atoms with Gasteiger partial charge in [-0.05, 0) is 18.6 Å². The Kier molecular flexibility index (Phi) is 5.97. The normalized spacial score (nSPS) is 23.2. The van der Waals surface area contributed by atoms with Crippen molar-refractivity contribution in [1.82, 2.24) is 10.2 Å². The summed E-state index contributed by atoms with van der Waals surface area (Å²) in [6.45, 7) is 0.0879. The molecule has 0 spiro atoms. The highest BCUT2D eigenvalue weighted by Crippen LogP contribution is 2.33. The van der Waals surface area contributed by atoms with E-state index in [1.54, 1.807) is 18.2 Å². The standard InChI is InChI=1S/C17H17FN2O4S3/c18-13-4-2-1-3-11(13)9-14-16(22)20(17(25)26-14)7-5-15(21)19-12-6-8-27(23,24)10-12/h1-4,9,12H,5-8,10H2,(H,19,21)/b14-9+/t12-/m0/s1. The molecule has 1 N–H and O–H groups in total. The topological polar surface area (TPSA) is 83.6 Å². The molecule has 0 bridgehead atoms. The van der Waals surface area contributed by atoms with Gasteiger partial charge in [0, 0.05) is 24.6 Å². The smallest absolute Gasteiger partial charge is 0.266 e. The molecule has 27 heavy (non-hydrogen) atoms. The third-order valence-electron chi connectivity index (χ3n) is 4.23. The minimum atomic E-state index is -3.07. The molecule has 2 saturated heterocycles. The van der Waals surface area contributed by atoms with Crippen LogP contribution in [0.15, 0.2) is 29.2 Å². The fourth-order valence-corrected chi connectivity index (χ4v) is 5.82. The van der Waals surface area contributed by atoms with Crippen LogP contribution >= 0.6 is 24.0 Å². The average molecular weight is 429 g/mol. The molecule has 144 valence electrons. The van der Waals surface area contributed by atoms with E-state index in [1.165, 1.54) is 17.0 Å². The van der Waals surface area contributed by atoms with Crippen LogP contribution in [0.25, 0.3) is 6.08 Å². The highest BCUT2D eigenvalue weighted by molar-refractivity contribution is 8.26. The second-order valence-electron chi connectivity index (χ2n) is 6.27. The molecule has 2 aliphatic heterocycles. The Morgan fingerprint density at radius 3 is 2.81 bits per heavy atom. The van der Waals surface area contributed by atoms with E-state index in [9.17, 15) is 22.4 Å². The third-order valence-corrected chi connectivity index (χ3v) is 7.37. The number of amides is 2. The SMILES string of the molecule is O=C(CCN1C(=O)/C(=C\c2ccccc2F)SC1=S)N[C@H]1CCS(=O)(=O)C1. The first-order valence-corrected chi connectivity index (χ1v) is 11.3. The lowest BCUT2D eigenvalue weighted by molar-refractivity contribution is -0.124. The Balaban J connectivity index is 1.58. The maximum Gasteiger partial charge on any atom is 0.266 e. The van der Waals surface area contributed by atoms with Crippen LogP contribution in [-0.4, -0.2) is 53.5 Å². The second-order valence-corrected chi connectivity index (χ2v) is 10.2. The summed E-state index contributed by atoms with van der Waals surface area (Å²) in [5.41, 5.74) is 0.290. The predicted molar refractivity (Wildman–Crippen MR) is 106 cm³/mol. The number of sulfone groups is 1. The molecule has 3 rings (SSSR count). The molecule has 2 amide bonds. The van der Waals surface area contributed by atoms with Gasteiger partial charge in [-0.3, -0.25) is 14.5 Å². The first kappa shape index (κ1) is 20.0. The summed E-state index contributed by atoms with van der Waals surface area (Å²) in [5.74, 6) is -1.11. The Hall–Kier alpha value is -1.78. The van der Waals surface area contributed by atoms with E-state index in [1.807, 2.05) is 0 Å². The number of hydrogen-bond acceptors (Lipinski definition) is 6. The van der Waals surface area contributed by atoms with Gasteiger partial charge in [-0.25, -0.2) is 12.8 Å². The Labute approximate surface area is 166 Å². The van der Waals surface area contributed by atoms with Crippen molar-refractivity contribution in [2.24, 2.45) is 0 Å². The Bertz CT molecular complexity index is 930. The van der Waals surface area contributed by atoms with E-state index in [-0.39, 0.29) is 47.9 Å². The number of halogens is 1. The number of benzene rings is 1. The molecule has 10 heteroatoms. The molecular weight excluding hydrogens is 411 g/mol. The average Bonchev–Trinajstić information content (AvgIpc) is 3.07. The van der Waals surface area contributed by atoms with Gasteiger partial charge in [0.1, 0.15) is 10.1 Å². The number of carbonyl (C=O) groups is 2. The lowest BCUT2D eigenvalue weighted by atomic mass is 10.2. The van der Waals surface area contributed by atoms with Gasteiger partial charge in [0.05, 0.1) is 16.4 Å².